The van der Waals surface area contributed by atoms with E-state index in [0.717, 1.165) is 12.1 Å². The van der Waals surface area contributed by atoms with E-state index in [2.05, 4.69) is 22.2 Å². The Morgan fingerprint density at radius 1 is 1.41 bits per heavy atom. The Morgan fingerprint density at radius 2 is 2.18 bits per heavy atom. The molecule has 0 spiro atoms. The van der Waals surface area contributed by atoms with Crippen LogP contribution in [0.3, 0.4) is 0 Å². The third-order valence-corrected chi connectivity index (χ3v) is 3.01. The standard InChI is InChI=1S/C14H17NO2/c1-17-14(16)9-6-11-4-7-12(8-5-11)13-3-2-10-15-13/h4-9,13,15H,2-3,10H2,1H3/b9-6+/t13-/m0/s1. The number of nitrogens with one attached hydrogen (secondary N) is 1. The smallest absolute Gasteiger partial charge is 0.330 e. The van der Waals surface area contributed by atoms with Gasteiger partial charge in [0.25, 0.3) is 0 Å². The Hall–Kier alpha value is -1.61. The first-order valence-corrected chi connectivity index (χ1v) is 5.89. The summed E-state index contributed by atoms with van der Waals surface area (Å²) in [6, 6.07) is 8.76. The van der Waals surface area contributed by atoms with Gasteiger partial charge in [0.15, 0.2) is 0 Å². The molecule has 0 radical (unpaired) electrons. The topological polar surface area (TPSA) is 38.3 Å². The van der Waals surface area contributed by atoms with Crippen molar-refractivity contribution in [3.8, 4) is 0 Å². The van der Waals surface area contributed by atoms with Gasteiger partial charge in [-0.3, -0.25) is 0 Å². The van der Waals surface area contributed by atoms with Gasteiger partial charge in [-0.1, -0.05) is 24.3 Å². The van der Waals surface area contributed by atoms with Crippen molar-refractivity contribution in [3.05, 3.63) is 41.5 Å². The lowest BCUT2D eigenvalue weighted by Gasteiger charge is -2.10. The average Bonchev–Trinajstić information content (AvgIpc) is 2.90. The van der Waals surface area contributed by atoms with Gasteiger partial charge in [-0.2, -0.15) is 0 Å². The van der Waals surface area contributed by atoms with E-state index in [4.69, 9.17) is 0 Å². The lowest BCUT2D eigenvalue weighted by atomic mass is 10.0. The summed E-state index contributed by atoms with van der Waals surface area (Å²) in [5.41, 5.74) is 2.33. The normalized spacial score (nSPS) is 19.7. The molecule has 1 aromatic carbocycles. The molecular formula is C14H17NO2. The van der Waals surface area contributed by atoms with Crippen LogP contribution in [0.4, 0.5) is 0 Å². The third-order valence-electron chi connectivity index (χ3n) is 3.01. The molecule has 1 atom stereocenters. The van der Waals surface area contributed by atoms with Crippen LogP contribution >= 0.6 is 0 Å². The highest BCUT2D eigenvalue weighted by molar-refractivity contribution is 5.86. The minimum absolute atomic E-state index is 0.327. The maximum atomic E-state index is 10.9. The SMILES string of the molecule is COC(=O)/C=C/c1ccc([C@@H]2CCCN2)cc1. The molecule has 0 unspecified atom stereocenters. The van der Waals surface area contributed by atoms with Crippen molar-refractivity contribution in [1.82, 2.24) is 5.32 Å². The molecule has 0 aromatic heterocycles. The number of ether oxygens (including phenoxy) is 1. The zero-order valence-electron chi connectivity index (χ0n) is 9.98. The van der Waals surface area contributed by atoms with E-state index in [0.29, 0.717) is 6.04 Å². The van der Waals surface area contributed by atoms with Gasteiger partial charge in [-0.15, -0.1) is 0 Å². The Bertz CT molecular complexity index is 403. The van der Waals surface area contributed by atoms with Gasteiger partial charge < -0.3 is 10.1 Å². The molecule has 0 saturated carbocycles. The zero-order valence-corrected chi connectivity index (χ0v) is 9.98. The van der Waals surface area contributed by atoms with Gasteiger partial charge in [-0.25, -0.2) is 4.79 Å². The van der Waals surface area contributed by atoms with Crippen LogP contribution in [0.2, 0.25) is 0 Å². The molecular weight excluding hydrogens is 214 g/mol. The minimum atomic E-state index is -0.327. The van der Waals surface area contributed by atoms with Crippen LogP contribution in [-0.4, -0.2) is 19.6 Å². The number of rotatable bonds is 3. The quantitative estimate of drug-likeness (QED) is 0.640. The Labute approximate surface area is 101 Å². The summed E-state index contributed by atoms with van der Waals surface area (Å²) in [6.45, 7) is 1.11. The van der Waals surface area contributed by atoms with Gasteiger partial charge in [0.1, 0.15) is 0 Å². The van der Waals surface area contributed by atoms with E-state index in [1.165, 1.54) is 31.6 Å². The van der Waals surface area contributed by atoms with Gasteiger partial charge in [0.05, 0.1) is 7.11 Å². The van der Waals surface area contributed by atoms with Crippen LogP contribution in [0, 0.1) is 0 Å². The second kappa shape index (κ2) is 5.64. The molecule has 1 heterocycles. The van der Waals surface area contributed by atoms with E-state index in [-0.39, 0.29) is 5.97 Å². The highest BCUT2D eigenvalue weighted by atomic mass is 16.5. The predicted molar refractivity (Wildman–Crippen MR) is 67.5 cm³/mol. The van der Waals surface area contributed by atoms with E-state index in [1.54, 1.807) is 6.08 Å². The fourth-order valence-electron chi connectivity index (χ4n) is 2.04. The lowest BCUT2D eigenvalue weighted by Crippen LogP contribution is -2.12. The van der Waals surface area contributed by atoms with Crippen molar-refractivity contribution in [1.29, 1.82) is 0 Å². The number of benzene rings is 1. The van der Waals surface area contributed by atoms with E-state index >= 15 is 0 Å². The maximum absolute atomic E-state index is 10.9. The summed E-state index contributed by atoms with van der Waals surface area (Å²) in [5, 5.41) is 3.46. The average molecular weight is 231 g/mol. The number of carbonyl (C=O) groups is 1. The van der Waals surface area contributed by atoms with E-state index in [9.17, 15) is 4.79 Å². The van der Waals surface area contributed by atoms with Gasteiger partial charge in [-0.05, 0) is 36.6 Å². The highest BCUT2D eigenvalue weighted by Crippen LogP contribution is 2.23. The highest BCUT2D eigenvalue weighted by Gasteiger charge is 2.15. The van der Waals surface area contributed by atoms with Crippen molar-refractivity contribution in [2.45, 2.75) is 18.9 Å². The zero-order chi connectivity index (χ0) is 12.1. The van der Waals surface area contributed by atoms with Crippen LogP contribution in [0.1, 0.15) is 30.0 Å². The Kier molecular flexibility index (Phi) is 3.94. The number of carbonyl (C=O) groups excluding carboxylic acids is 1. The Morgan fingerprint density at radius 3 is 2.76 bits per heavy atom. The first kappa shape index (κ1) is 11.9. The molecule has 1 aliphatic heterocycles. The molecule has 17 heavy (non-hydrogen) atoms. The summed E-state index contributed by atoms with van der Waals surface area (Å²) >= 11 is 0. The predicted octanol–water partition coefficient (Wildman–Crippen LogP) is 2.30. The monoisotopic (exact) mass is 231 g/mol. The van der Waals surface area contributed by atoms with Crippen LogP contribution in [0.15, 0.2) is 30.3 Å². The molecule has 1 fully saturated rings. The van der Waals surface area contributed by atoms with Crippen LogP contribution < -0.4 is 5.32 Å². The van der Waals surface area contributed by atoms with Gasteiger partial charge in [0, 0.05) is 12.1 Å². The molecule has 3 nitrogen and oxygen atoms in total. The third kappa shape index (κ3) is 3.17. The van der Waals surface area contributed by atoms with Gasteiger partial charge in [0.2, 0.25) is 0 Å². The molecule has 1 saturated heterocycles. The fraction of sp³-hybridized carbons (Fsp3) is 0.357. The molecule has 0 bridgehead atoms. The largest absolute Gasteiger partial charge is 0.466 e. The van der Waals surface area contributed by atoms with Crippen molar-refractivity contribution < 1.29 is 9.53 Å². The van der Waals surface area contributed by atoms with E-state index < -0.39 is 0 Å². The molecule has 2 rings (SSSR count). The maximum Gasteiger partial charge on any atom is 0.330 e. The first-order chi connectivity index (χ1) is 8.29. The van der Waals surface area contributed by atoms with Crippen molar-refractivity contribution >= 4 is 12.0 Å². The van der Waals surface area contributed by atoms with Crippen molar-refractivity contribution in [2.75, 3.05) is 13.7 Å². The lowest BCUT2D eigenvalue weighted by molar-refractivity contribution is -0.134. The molecule has 0 aliphatic carbocycles. The molecule has 1 aromatic rings. The van der Waals surface area contributed by atoms with Crippen LogP contribution in [0.25, 0.3) is 6.08 Å². The summed E-state index contributed by atoms with van der Waals surface area (Å²) in [5.74, 6) is -0.327. The van der Waals surface area contributed by atoms with Crippen molar-refractivity contribution in [2.24, 2.45) is 0 Å². The fourth-order valence-corrected chi connectivity index (χ4v) is 2.04. The second-order valence-electron chi connectivity index (χ2n) is 4.17. The first-order valence-electron chi connectivity index (χ1n) is 5.89. The summed E-state index contributed by atoms with van der Waals surface area (Å²) < 4.78 is 4.54. The van der Waals surface area contributed by atoms with Crippen molar-refractivity contribution in [3.63, 3.8) is 0 Å². The molecule has 1 aliphatic rings. The minimum Gasteiger partial charge on any atom is -0.466 e. The molecule has 1 N–H and O–H groups in total. The number of esters is 1. The van der Waals surface area contributed by atoms with Crippen LogP contribution in [-0.2, 0) is 9.53 Å². The summed E-state index contributed by atoms with van der Waals surface area (Å²) in [6.07, 6.45) is 5.65. The molecule has 0 amide bonds. The van der Waals surface area contributed by atoms with E-state index in [1.807, 2.05) is 12.1 Å². The number of methoxy groups -OCH3 is 1. The van der Waals surface area contributed by atoms with Crippen LogP contribution in [0.5, 0.6) is 0 Å². The summed E-state index contributed by atoms with van der Waals surface area (Å²) in [4.78, 5) is 10.9. The second-order valence-corrected chi connectivity index (χ2v) is 4.17. The molecule has 3 heteroatoms. The number of hydrogen-bond acceptors (Lipinski definition) is 3. The Balaban J connectivity index is 2.02. The molecule has 90 valence electrons. The van der Waals surface area contributed by atoms with Gasteiger partial charge >= 0.3 is 5.97 Å². The number of hydrogen-bond donors (Lipinski definition) is 1. The summed E-state index contributed by atoms with van der Waals surface area (Å²) in [7, 11) is 1.38.